The Morgan fingerprint density at radius 3 is 2.60 bits per heavy atom. The average Bonchev–Trinajstić information content (AvgIpc) is 2.42. The van der Waals surface area contributed by atoms with Crippen molar-refractivity contribution >= 4 is 0 Å². The van der Waals surface area contributed by atoms with Crippen LogP contribution in [0.25, 0.3) is 0 Å². The highest BCUT2D eigenvalue weighted by Gasteiger charge is 2.13. The molecule has 1 aromatic rings. The molecule has 3 N–H and O–H groups in total. The standard InChI is InChI=1S/C16H27NO3/c1-3-5-6-7-8-10-19-13-11-15(14(17)9-4-2)20-16(18)12-13/h11-12,14H,3-10,17H2,1-2H3/p+1. The van der Waals surface area contributed by atoms with Crippen molar-refractivity contribution in [2.45, 2.75) is 64.8 Å². The molecule has 1 unspecified atom stereocenters. The van der Waals surface area contributed by atoms with E-state index in [2.05, 4.69) is 19.6 Å². The van der Waals surface area contributed by atoms with Crippen LogP contribution >= 0.6 is 0 Å². The van der Waals surface area contributed by atoms with E-state index in [1.54, 1.807) is 6.07 Å². The van der Waals surface area contributed by atoms with Crippen molar-refractivity contribution in [3.63, 3.8) is 0 Å². The molecule has 0 aliphatic heterocycles. The van der Waals surface area contributed by atoms with E-state index in [1.807, 2.05) is 0 Å². The Bertz CT molecular complexity index is 428. The van der Waals surface area contributed by atoms with E-state index in [0.717, 1.165) is 19.3 Å². The Morgan fingerprint density at radius 1 is 1.15 bits per heavy atom. The lowest BCUT2D eigenvalue weighted by Crippen LogP contribution is -2.53. The third-order valence-corrected chi connectivity index (χ3v) is 3.32. The van der Waals surface area contributed by atoms with Crippen LogP contribution in [0.2, 0.25) is 0 Å². The molecule has 1 atom stereocenters. The third-order valence-electron chi connectivity index (χ3n) is 3.32. The van der Waals surface area contributed by atoms with Crippen LogP contribution < -0.4 is 16.1 Å². The van der Waals surface area contributed by atoms with Crippen molar-refractivity contribution in [2.24, 2.45) is 0 Å². The van der Waals surface area contributed by atoms with Crippen LogP contribution in [0.3, 0.4) is 0 Å². The summed E-state index contributed by atoms with van der Waals surface area (Å²) in [6.45, 7) is 4.95. The van der Waals surface area contributed by atoms with Gasteiger partial charge in [-0.1, -0.05) is 46.0 Å². The first-order valence-electron chi connectivity index (χ1n) is 7.78. The predicted molar refractivity (Wildman–Crippen MR) is 79.8 cm³/mol. The fourth-order valence-electron chi connectivity index (χ4n) is 2.14. The number of ether oxygens (including phenoxy) is 1. The predicted octanol–water partition coefficient (Wildman–Crippen LogP) is 3.07. The van der Waals surface area contributed by atoms with Crippen molar-refractivity contribution in [3.05, 3.63) is 28.3 Å². The average molecular weight is 282 g/mol. The minimum absolute atomic E-state index is 0.0146. The Balaban J connectivity index is 2.47. The Hall–Kier alpha value is -1.29. The minimum atomic E-state index is -0.353. The van der Waals surface area contributed by atoms with Crippen molar-refractivity contribution < 1.29 is 14.9 Å². The number of quaternary nitrogens is 1. The molecule has 0 aliphatic rings. The van der Waals surface area contributed by atoms with Gasteiger partial charge in [-0.05, 0) is 6.42 Å². The number of unbranched alkanes of at least 4 members (excludes halogenated alkanes) is 4. The topological polar surface area (TPSA) is 67.1 Å². The van der Waals surface area contributed by atoms with E-state index in [4.69, 9.17) is 9.15 Å². The lowest BCUT2D eigenvalue weighted by atomic mass is 10.1. The van der Waals surface area contributed by atoms with Gasteiger partial charge in [0, 0.05) is 12.5 Å². The molecule has 0 radical (unpaired) electrons. The zero-order valence-electron chi connectivity index (χ0n) is 12.8. The van der Waals surface area contributed by atoms with E-state index in [9.17, 15) is 4.79 Å². The van der Waals surface area contributed by atoms with Gasteiger partial charge in [0.1, 0.15) is 11.8 Å². The molecule has 0 saturated carbocycles. The molecule has 0 aliphatic carbocycles. The lowest BCUT2D eigenvalue weighted by Gasteiger charge is -2.09. The fraction of sp³-hybridized carbons (Fsp3) is 0.688. The van der Waals surface area contributed by atoms with Crippen LogP contribution in [0.15, 0.2) is 21.3 Å². The van der Waals surface area contributed by atoms with Gasteiger partial charge in [0.2, 0.25) is 0 Å². The summed E-state index contributed by atoms with van der Waals surface area (Å²) < 4.78 is 10.8. The summed E-state index contributed by atoms with van der Waals surface area (Å²) >= 11 is 0. The van der Waals surface area contributed by atoms with Crippen LogP contribution in [0.5, 0.6) is 5.75 Å². The van der Waals surface area contributed by atoms with Crippen molar-refractivity contribution in [3.8, 4) is 5.75 Å². The molecule has 1 heterocycles. The second-order valence-corrected chi connectivity index (χ2v) is 5.26. The molecule has 114 valence electrons. The SMILES string of the molecule is CCCCCCCOc1cc(C([NH3+])CCC)oc(=O)c1. The highest BCUT2D eigenvalue weighted by molar-refractivity contribution is 5.21. The summed E-state index contributed by atoms with van der Waals surface area (Å²) in [7, 11) is 0. The van der Waals surface area contributed by atoms with Gasteiger partial charge in [-0.25, -0.2) is 4.79 Å². The zero-order valence-corrected chi connectivity index (χ0v) is 12.8. The first-order chi connectivity index (χ1) is 9.67. The quantitative estimate of drug-likeness (QED) is 0.671. The maximum absolute atomic E-state index is 11.5. The minimum Gasteiger partial charge on any atom is -0.493 e. The summed E-state index contributed by atoms with van der Waals surface area (Å²) in [5, 5.41) is 0. The largest absolute Gasteiger partial charge is 0.493 e. The third kappa shape index (κ3) is 6.24. The fourth-order valence-corrected chi connectivity index (χ4v) is 2.14. The van der Waals surface area contributed by atoms with E-state index in [1.165, 1.54) is 31.7 Å². The highest BCUT2D eigenvalue weighted by Crippen LogP contribution is 2.18. The Labute approximate surface area is 121 Å². The van der Waals surface area contributed by atoms with Crippen molar-refractivity contribution in [1.29, 1.82) is 0 Å². The van der Waals surface area contributed by atoms with E-state index < -0.39 is 0 Å². The highest BCUT2D eigenvalue weighted by atomic mass is 16.5. The van der Waals surface area contributed by atoms with Gasteiger partial charge in [0.15, 0.2) is 5.76 Å². The monoisotopic (exact) mass is 282 g/mol. The first kappa shape index (κ1) is 16.8. The molecule has 0 saturated heterocycles. The van der Waals surface area contributed by atoms with Crippen LogP contribution in [-0.4, -0.2) is 6.61 Å². The summed E-state index contributed by atoms with van der Waals surface area (Å²) in [5.74, 6) is 1.23. The van der Waals surface area contributed by atoms with Gasteiger partial charge in [-0.3, -0.25) is 0 Å². The molecule has 1 aromatic heterocycles. The summed E-state index contributed by atoms with van der Waals surface area (Å²) in [6, 6.07) is 3.23. The molecule has 0 fully saturated rings. The van der Waals surface area contributed by atoms with Crippen molar-refractivity contribution in [2.75, 3.05) is 6.61 Å². The van der Waals surface area contributed by atoms with Gasteiger partial charge in [-0.15, -0.1) is 0 Å². The molecule has 20 heavy (non-hydrogen) atoms. The normalized spacial score (nSPS) is 12.3. The zero-order chi connectivity index (χ0) is 14.8. The van der Waals surface area contributed by atoms with Gasteiger partial charge in [-0.2, -0.15) is 0 Å². The van der Waals surface area contributed by atoms with Crippen LogP contribution in [0, 0.1) is 0 Å². The van der Waals surface area contributed by atoms with Gasteiger partial charge in [0.05, 0.1) is 12.7 Å². The number of rotatable bonds is 10. The molecule has 0 aromatic carbocycles. The van der Waals surface area contributed by atoms with E-state index >= 15 is 0 Å². The number of hydrogen-bond acceptors (Lipinski definition) is 3. The van der Waals surface area contributed by atoms with Gasteiger partial charge >= 0.3 is 5.63 Å². The lowest BCUT2D eigenvalue weighted by molar-refractivity contribution is -0.432. The summed E-state index contributed by atoms with van der Waals surface area (Å²) in [4.78, 5) is 11.5. The van der Waals surface area contributed by atoms with Crippen LogP contribution in [0.4, 0.5) is 0 Å². The smallest absolute Gasteiger partial charge is 0.339 e. The summed E-state index contributed by atoms with van der Waals surface area (Å²) in [6.07, 6.45) is 7.89. The van der Waals surface area contributed by atoms with Crippen molar-refractivity contribution in [1.82, 2.24) is 0 Å². The second kappa shape index (κ2) is 9.59. The molecule has 4 nitrogen and oxygen atoms in total. The maximum Gasteiger partial charge on any atom is 0.339 e. The van der Waals surface area contributed by atoms with E-state index in [-0.39, 0.29) is 11.7 Å². The van der Waals surface area contributed by atoms with Crippen LogP contribution in [0.1, 0.15) is 70.6 Å². The second-order valence-electron chi connectivity index (χ2n) is 5.26. The molecule has 0 spiro atoms. The molecule has 4 heteroatoms. The molecule has 1 rings (SSSR count). The van der Waals surface area contributed by atoms with Gasteiger partial charge < -0.3 is 14.9 Å². The first-order valence-corrected chi connectivity index (χ1v) is 7.78. The van der Waals surface area contributed by atoms with Gasteiger partial charge in [0.25, 0.3) is 0 Å². The summed E-state index contributed by atoms with van der Waals surface area (Å²) in [5.41, 5.74) is 3.67. The molecular formula is C16H28NO3+. The van der Waals surface area contributed by atoms with Crippen LogP contribution in [-0.2, 0) is 0 Å². The molecule has 0 amide bonds. The Morgan fingerprint density at radius 2 is 1.90 bits per heavy atom. The molecule has 0 bridgehead atoms. The Kier molecular flexibility index (Phi) is 8.04. The van der Waals surface area contributed by atoms with E-state index in [0.29, 0.717) is 18.1 Å². The maximum atomic E-state index is 11.5. The molecular weight excluding hydrogens is 254 g/mol. The number of hydrogen-bond donors (Lipinski definition) is 1.